The Morgan fingerprint density at radius 2 is 1.72 bits per heavy atom. The molecule has 0 saturated carbocycles. The maximum absolute atomic E-state index is 12.3. The van der Waals surface area contributed by atoms with Gasteiger partial charge in [-0.25, -0.2) is 13.1 Å². The topological polar surface area (TPSA) is 66.5 Å². The van der Waals surface area contributed by atoms with E-state index in [1.54, 1.807) is 4.90 Å². The van der Waals surface area contributed by atoms with Crippen molar-refractivity contribution >= 4 is 27.5 Å². The average molecular weight is 381 g/mol. The van der Waals surface area contributed by atoms with Crippen LogP contribution in [0.1, 0.15) is 25.5 Å². The molecule has 25 heavy (non-hydrogen) atoms. The number of hydrogen-bond donors (Lipinski definition) is 1. The van der Waals surface area contributed by atoms with E-state index in [1.807, 2.05) is 37.3 Å². The lowest BCUT2D eigenvalue weighted by atomic mass is 10.1. The maximum atomic E-state index is 12.3. The van der Waals surface area contributed by atoms with E-state index in [0.29, 0.717) is 5.02 Å². The zero-order valence-corrected chi connectivity index (χ0v) is 15.7. The highest BCUT2D eigenvalue weighted by Crippen LogP contribution is 2.19. The summed E-state index contributed by atoms with van der Waals surface area (Å²) in [5, 5.41) is 0.471. The van der Waals surface area contributed by atoms with Crippen molar-refractivity contribution in [2.45, 2.75) is 24.8 Å². The molecule has 0 fully saturated rings. The predicted molar refractivity (Wildman–Crippen MR) is 98.9 cm³/mol. The van der Waals surface area contributed by atoms with E-state index < -0.39 is 10.0 Å². The molecule has 0 aliphatic rings. The fourth-order valence-corrected chi connectivity index (χ4v) is 3.68. The number of carbonyl (C=O) groups excluding carboxylic acids is 1. The second-order valence-corrected chi connectivity index (χ2v) is 7.85. The summed E-state index contributed by atoms with van der Waals surface area (Å²) in [6.07, 6.45) is 0. The van der Waals surface area contributed by atoms with Gasteiger partial charge in [0.1, 0.15) is 0 Å². The Hall–Kier alpha value is -1.89. The number of benzene rings is 2. The van der Waals surface area contributed by atoms with E-state index in [0.717, 1.165) is 5.56 Å². The normalized spacial score (nSPS) is 12.6. The smallest absolute Gasteiger partial charge is 0.240 e. The van der Waals surface area contributed by atoms with Crippen molar-refractivity contribution in [2.24, 2.45) is 0 Å². The quantitative estimate of drug-likeness (QED) is 0.801. The minimum absolute atomic E-state index is 0.109. The molecule has 5 nitrogen and oxygen atoms in total. The summed E-state index contributed by atoms with van der Waals surface area (Å²) in [7, 11) is -3.64. The van der Waals surface area contributed by atoms with Crippen LogP contribution < -0.4 is 4.72 Å². The molecule has 0 heterocycles. The second kappa shape index (κ2) is 8.47. The summed E-state index contributed by atoms with van der Waals surface area (Å²) in [6.45, 7) is 3.80. The van der Waals surface area contributed by atoms with Gasteiger partial charge in [-0.1, -0.05) is 41.9 Å². The molecule has 134 valence electrons. The molecule has 0 saturated heterocycles. The van der Waals surface area contributed by atoms with Crippen LogP contribution in [0.2, 0.25) is 5.02 Å². The second-order valence-electron chi connectivity index (χ2n) is 5.65. The Bertz CT molecular complexity index is 808. The van der Waals surface area contributed by atoms with Crippen LogP contribution in [0.3, 0.4) is 0 Å². The van der Waals surface area contributed by atoms with Gasteiger partial charge in [0, 0.05) is 25.0 Å². The molecular weight excluding hydrogens is 360 g/mol. The lowest BCUT2D eigenvalue weighted by molar-refractivity contribution is -0.130. The summed E-state index contributed by atoms with van der Waals surface area (Å²) in [5.41, 5.74) is 0.998. The minimum atomic E-state index is -3.64. The maximum Gasteiger partial charge on any atom is 0.240 e. The number of amides is 1. The summed E-state index contributed by atoms with van der Waals surface area (Å²) in [5.74, 6) is -0.109. The lowest BCUT2D eigenvalue weighted by Gasteiger charge is -2.28. The highest BCUT2D eigenvalue weighted by Gasteiger charge is 2.19. The first-order chi connectivity index (χ1) is 11.8. The van der Waals surface area contributed by atoms with Gasteiger partial charge in [-0.2, -0.15) is 0 Å². The Kier molecular flexibility index (Phi) is 6.58. The van der Waals surface area contributed by atoms with E-state index in [9.17, 15) is 13.2 Å². The van der Waals surface area contributed by atoms with Crippen LogP contribution >= 0.6 is 11.6 Å². The minimum Gasteiger partial charge on any atom is -0.335 e. The van der Waals surface area contributed by atoms with Crippen molar-refractivity contribution in [3.8, 4) is 0 Å². The monoisotopic (exact) mass is 380 g/mol. The van der Waals surface area contributed by atoms with Crippen LogP contribution in [0.5, 0.6) is 0 Å². The first-order valence-electron chi connectivity index (χ1n) is 7.88. The first kappa shape index (κ1) is 19.4. The third kappa shape index (κ3) is 5.29. The van der Waals surface area contributed by atoms with E-state index in [2.05, 4.69) is 4.72 Å². The van der Waals surface area contributed by atoms with Crippen molar-refractivity contribution in [3.63, 3.8) is 0 Å². The summed E-state index contributed by atoms with van der Waals surface area (Å²) < 4.78 is 27.1. The van der Waals surface area contributed by atoms with Gasteiger partial charge in [0.2, 0.25) is 15.9 Å². The third-order valence-electron chi connectivity index (χ3n) is 3.92. The molecule has 2 aromatic carbocycles. The van der Waals surface area contributed by atoms with Crippen molar-refractivity contribution in [3.05, 3.63) is 65.2 Å². The molecule has 0 aliphatic carbocycles. The summed E-state index contributed by atoms with van der Waals surface area (Å²) in [6, 6.07) is 15.4. The Labute approximate surface area is 153 Å². The number of hydrogen-bond acceptors (Lipinski definition) is 3. The molecule has 1 unspecified atom stereocenters. The van der Waals surface area contributed by atoms with Gasteiger partial charge in [0.15, 0.2) is 0 Å². The van der Waals surface area contributed by atoms with Gasteiger partial charge in [0.25, 0.3) is 0 Å². The lowest BCUT2D eigenvalue weighted by Crippen LogP contribution is -2.39. The largest absolute Gasteiger partial charge is 0.335 e. The van der Waals surface area contributed by atoms with Crippen LogP contribution in [0, 0.1) is 0 Å². The molecule has 1 amide bonds. The SMILES string of the molecule is CC(=O)N(CCNS(=O)(=O)c1ccc(Cl)cc1)C(C)c1ccccc1. The molecule has 0 bridgehead atoms. The Balaban J connectivity index is 2.02. The highest BCUT2D eigenvalue weighted by atomic mass is 35.5. The van der Waals surface area contributed by atoms with Crippen molar-refractivity contribution in [2.75, 3.05) is 13.1 Å². The van der Waals surface area contributed by atoms with Gasteiger partial charge in [-0.05, 0) is 36.8 Å². The Morgan fingerprint density at radius 1 is 1.12 bits per heavy atom. The molecule has 0 aliphatic heterocycles. The van der Waals surface area contributed by atoms with Crippen LogP contribution in [-0.4, -0.2) is 32.3 Å². The molecule has 2 rings (SSSR count). The molecule has 0 spiro atoms. The average Bonchev–Trinajstić information content (AvgIpc) is 2.59. The predicted octanol–water partition coefficient (Wildman–Crippen LogP) is 3.23. The molecule has 1 atom stereocenters. The number of nitrogens with one attached hydrogen (secondary N) is 1. The van der Waals surface area contributed by atoms with Crippen LogP contribution in [0.4, 0.5) is 0 Å². The fourth-order valence-electron chi connectivity index (χ4n) is 2.53. The highest BCUT2D eigenvalue weighted by molar-refractivity contribution is 7.89. The number of rotatable bonds is 7. The molecule has 0 radical (unpaired) electrons. The van der Waals surface area contributed by atoms with Gasteiger partial charge in [0.05, 0.1) is 10.9 Å². The number of halogens is 1. The van der Waals surface area contributed by atoms with Gasteiger partial charge >= 0.3 is 0 Å². The van der Waals surface area contributed by atoms with E-state index in [4.69, 9.17) is 11.6 Å². The molecular formula is C18H21ClN2O3S. The van der Waals surface area contributed by atoms with Crippen LogP contribution in [-0.2, 0) is 14.8 Å². The zero-order chi connectivity index (χ0) is 18.4. The first-order valence-corrected chi connectivity index (χ1v) is 9.75. The summed E-state index contributed by atoms with van der Waals surface area (Å²) in [4.78, 5) is 13.7. The molecule has 7 heteroatoms. The van der Waals surface area contributed by atoms with E-state index in [-0.39, 0.29) is 29.9 Å². The van der Waals surface area contributed by atoms with Crippen LogP contribution in [0.25, 0.3) is 0 Å². The van der Waals surface area contributed by atoms with E-state index in [1.165, 1.54) is 31.2 Å². The standard InChI is InChI=1S/C18H21ClN2O3S/c1-14(16-6-4-3-5-7-16)21(15(2)22)13-12-20-25(23,24)18-10-8-17(19)9-11-18/h3-11,14,20H,12-13H2,1-2H3. The fraction of sp³-hybridized carbons (Fsp3) is 0.278. The van der Waals surface area contributed by atoms with E-state index >= 15 is 0 Å². The van der Waals surface area contributed by atoms with Crippen LogP contribution in [0.15, 0.2) is 59.5 Å². The number of nitrogens with zero attached hydrogens (tertiary/aromatic N) is 1. The third-order valence-corrected chi connectivity index (χ3v) is 5.65. The van der Waals surface area contributed by atoms with Crippen molar-refractivity contribution in [1.82, 2.24) is 9.62 Å². The van der Waals surface area contributed by atoms with Crippen molar-refractivity contribution < 1.29 is 13.2 Å². The summed E-state index contributed by atoms with van der Waals surface area (Å²) >= 11 is 5.78. The molecule has 0 aromatic heterocycles. The molecule has 1 N–H and O–H groups in total. The van der Waals surface area contributed by atoms with Gasteiger partial charge in [-0.3, -0.25) is 4.79 Å². The van der Waals surface area contributed by atoms with Crippen molar-refractivity contribution in [1.29, 1.82) is 0 Å². The zero-order valence-electron chi connectivity index (χ0n) is 14.1. The number of carbonyl (C=O) groups is 1. The Morgan fingerprint density at radius 3 is 2.28 bits per heavy atom. The van der Waals surface area contributed by atoms with Gasteiger partial charge < -0.3 is 4.90 Å². The number of sulfonamides is 1. The molecule has 2 aromatic rings. The van der Waals surface area contributed by atoms with Gasteiger partial charge in [-0.15, -0.1) is 0 Å².